The van der Waals surface area contributed by atoms with Gasteiger partial charge in [-0.25, -0.2) is 0 Å². The fourth-order valence-corrected chi connectivity index (χ4v) is 3.83. The zero-order chi connectivity index (χ0) is 16.5. The van der Waals surface area contributed by atoms with Crippen molar-refractivity contribution in [1.82, 2.24) is 0 Å². The number of unbranched alkanes of at least 4 members (excludes halogenated alkanes) is 6. The number of carbonyl (C=O) groups is 1. The summed E-state index contributed by atoms with van der Waals surface area (Å²) in [5, 5.41) is 0. The van der Waals surface area contributed by atoms with Crippen LogP contribution in [0, 0.1) is 0 Å². The molecule has 0 aromatic heterocycles. The van der Waals surface area contributed by atoms with Crippen LogP contribution in [0.2, 0.25) is 0 Å². The van der Waals surface area contributed by atoms with Gasteiger partial charge in [0.05, 0.1) is 13.5 Å². The van der Waals surface area contributed by atoms with Gasteiger partial charge in [-0.1, -0.05) is 67.1 Å². The van der Waals surface area contributed by atoms with Crippen molar-refractivity contribution in [2.24, 2.45) is 0 Å². The monoisotopic (exact) mass is 392 g/mol. The second-order valence-corrected chi connectivity index (χ2v) is 8.05. The first-order valence-corrected chi connectivity index (χ1v) is 10.7. The van der Waals surface area contributed by atoms with Gasteiger partial charge in [0.15, 0.2) is 0 Å². The molecule has 0 aliphatic carbocycles. The molecular formula is C18H33BrO2S. The normalized spacial score (nSPS) is 12.7. The smallest absolute Gasteiger partial charge is 0.306 e. The number of halogens is 1. The molecule has 0 saturated carbocycles. The zero-order valence-corrected chi connectivity index (χ0v) is 16.7. The van der Waals surface area contributed by atoms with Crippen LogP contribution in [0.3, 0.4) is 0 Å². The number of carbonyl (C=O) groups excluding carboxylic acids is 1. The lowest BCUT2D eigenvalue weighted by Crippen LogP contribution is -2.05. The second-order valence-electron chi connectivity index (χ2n) is 5.60. The fraction of sp³-hybridized carbons (Fsp3) is 0.833. The van der Waals surface area contributed by atoms with Crippen LogP contribution < -0.4 is 0 Å². The van der Waals surface area contributed by atoms with Crippen molar-refractivity contribution >= 4 is 33.7 Å². The Hall–Kier alpha value is 0.0400. The second kappa shape index (κ2) is 17.4. The van der Waals surface area contributed by atoms with Crippen molar-refractivity contribution in [2.75, 3.05) is 18.6 Å². The van der Waals surface area contributed by atoms with Crippen LogP contribution >= 0.6 is 27.7 Å². The zero-order valence-electron chi connectivity index (χ0n) is 14.3. The SMILES string of the molecule is CCCCCCCC/C=C\CCC(Br)CSCCC(=O)OC. The third kappa shape index (κ3) is 16.4. The maximum Gasteiger partial charge on any atom is 0.306 e. The van der Waals surface area contributed by atoms with E-state index in [1.807, 2.05) is 11.8 Å². The molecule has 0 rings (SSSR count). The number of esters is 1. The Bertz CT molecular complexity index is 282. The molecule has 0 N–H and O–H groups in total. The first-order valence-electron chi connectivity index (χ1n) is 8.64. The van der Waals surface area contributed by atoms with Crippen molar-refractivity contribution in [3.63, 3.8) is 0 Å². The summed E-state index contributed by atoms with van der Waals surface area (Å²) in [6.07, 6.45) is 16.9. The van der Waals surface area contributed by atoms with Crippen molar-refractivity contribution in [2.45, 2.75) is 76.0 Å². The third-order valence-corrected chi connectivity index (χ3v) is 5.86. The van der Waals surface area contributed by atoms with Crippen LogP contribution in [0.1, 0.15) is 71.1 Å². The minimum atomic E-state index is -0.115. The highest BCUT2D eigenvalue weighted by Crippen LogP contribution is 2.16. The van der Waals surface area contributed by atoms with E-state index in [0.717, 1.165) is 24.3 Å². The Balaban J connectivity index is 3.31. The number of thioether (sulfide) groups is 1. The molecule has 0 aliphatic rings. The number of allylic oxidation sites excluding steroid dienone is 2. The first-order chi connectivity index (χ1) is 10.7. The van der Waals surface area contributed by atoms with E-state index in [1.54, 1.807) is 0 Å². The van der Waals surface area contributed by atoms with E-state index in [1.165, 1.54) is 52.1 Å². The lowest BCUT2D eigenvalue weighted by atomic mass is 10.1. The quantitative estimate of drug-likeness (QED) is 0.145. The molecule has 4 heteroatoms. The molecule has 0 saturated heterocycles. The predicted octanol–water partition coefficient (Wildman–Crippen LogP) is 6.13. The van der Waals surface area contributed by atoms with Crippen LogP contribution in [0.5, 0.6) is 0 Å². The lowest BCUT2D eigenvalue weighted by Gasteiger charge is -2.07. The van der Waals surface area contributed by atoms with E-state index >= 15 is 0 Å². The topological polar surface area (TPSA) is 26.3 Å². The van der Waals surface area contributed by atoms with Gasteiger partial charge in [-0.15, -0.1) is 0 Å². The van der Waals surface area contributed by atoms with Gasteiger partial charge in [0.1, 0.15) is 0 Å². The summed E-state index contributed by atoms with van der Waals surface area (Å²) in [6, 6.07) is 0. The molecule has 1 atom stereocenters. The van der Waals surface area contributed by atoms with E-state index in [2.05, 4.69) is 39.7 Å². The molecular weight excluding hydrogens is 360 g/mol. The molecule has 0 radical (unpaired) electrons. The van der Waals surface area contributed by atoms with Gasteiger partial charge in [0.25, 0.3) is 0 Å². The van der Waals surface area contributed by atoms with Gasteiger partial charge in [0, 0.05) is 16.3 Å². The molecule has 0 aromatic carbocycles. The highest BCUT2D eigenvalue weighted by atomic mass is 79.9. The Labute approximate surface area is 150 Å². The van der Waals surface area contributed by atoms with Crippen LogP contribution in [0.25, 0.3) is 0 Å². The Morgan fingerprint density at radius 3 is 2.55 bits per heavy atom. The number of hydrogen-bond donors (Lipinski definition) is 0. The van der Waals surface area contributed by atoms with E-state index in [0.29, 0.717) is 11.2 Å². The van der Waals surface area contributed by atoms with Crippen LogP contribution in [0.4, 0.5) is 0 Å². The molecule has 0 fully saturated rings. The summed E-state index contributed by atoms with van der Waals surface area (Å²) < 4.78 is 4.62. The summed E-state index contributed by atoms with van der Waals surface area (Å²) in [7, 11) is 1.44. The maximum atomic E-state index is 11.0. The average molecular weight is 393 g/mol. The fourth-order valence-electron chi connectivity index (χ4n) is 2.11. The highest BCUT2D eigenvalue weighted by Gasteiger charge is 2.04. The largest absolute Gasteiger partial charge is 0.469 e. The Kier molecular flexibility index (Phi) is 17.4. The van der Waals surface area contributed by atoms with Crippen molar-refractivity contribution in [3.05, 3.63) is 12.2 Å². The van der Waals surface area contributed by atoms with Gasteiger partial charge >= 0.3 is 5.97 Å². The number of alkyl halides is 1. The summed E-state index contributed by atoms with van der Waals surface area (Å²) in [6.45, 7) is 2.26. The van der Waals surface area contributed by atoms with Gasteiger partial charge in [-0.2, -0.15) is 11.8 Å². The van der Waals surface area contributed by atoms with Gasteiger partial charge < -0.3 is 4.74 Å². The highest BCUT2D eigenvalue weighted by molar-refractivity contribution is 9.09. The van der Waals surface area contributed by atoms with Gasteiger partial charge in [-0.05, 0) is 25.7 Å². The summed E-state index contributed by atoms with van der Waals surface area (Å²) in [4.78, 5) is 11.5. The van der Waals surface area contributed by atoms with Crippen LogP contribution in [-0.2, 0) is 9.53 Å². The number of ether oxygens (including phenoxy) is 1. The van der Waals surface area contributed by atoms with E-state index in [9.17, 15) is 4.79 Å². The number of methoxy groups -OCH3 is 1. The molecule has 22 heavy (non-hydrogen) atoms. The standard InChI is InChI=1S/C18H33BrO2S/c1-3-4-5-6-7-8-9-10-11-12-13-17(19)16-22-15-14-18(20)21-2/h10-11,17H,3-9,12-16H2,1-2H3/b11-10-. The molecule has 0 aliphatic heterocycles. The molecule has 0 spiro atoms. The van der Waals surface area contributed by atoms with E-state index in [-0.39, 0.29) is 5.97 Å². The summed E-state index contributed by atoms with van der Waals surface area (Å²) >= 11 is 5.52. The van der Waals surface area contributed by atoms with E-state index in [4.69, 9.17) is 0 Å². The third-order valence-electron chi connectivity index (χ3n) is 3.51. The van der Waals surface area contributed by atoms with Crippen LogP contribution in [-0.4, -0.2) is 29.4 Å². The van der Waals surface area contributed by atoms with Crippen molar-refractivity contribution in [3.8, 4) is 0 Å². The first kappa shape index (κ1) is 22.0. The van der Waals surface area contributed by atoms with Crippen molar-refractivity contribution < 1.29 is 9.53 Å². The lowest BCUT2D eigenvalue weighted by molar-refractivity contribution is -0.140. The number of rotatable bonds is 15. The predicted molar refractivity (Wildman–Crippen MR) is 103 cm³/mol. The molecule has 0 bridgehead atoms. The Morgan fingerprint density at radius 1 is 1.14 bits per heavy atom. The summed E-state index contributed by atoms with van der Waals surface area (Å²) in [5.41, 5.74) is 0. The van der Waals surface area contributed by atoms with Crippen LogP contribution in [0.15, 0.2) is 12.2 Å². The maximum absolute atomic E-state index is 11.0. The van der Waals surface area contributed by atoms with Gasteiger partial charge in [-0.3, -0.25) is 4.79 Å². The summed E-state index contributed by atoms with van der Waals surface area (Å²) in [5.74, 6) is 1.79. The van der Waals surface area contributed by atoms with E-state index < -0.39 is 0 Å². The molecule has 0 aromatic rings. The Morgan fingerprint density at radius 2 is 1.82 bits per heavy atom. The number of hydrogen-bond acceptors (Lipinski definition) is 3. The molecule has 0 amide bonds. The van der Waals surface area contributed by atoms with Crippen molar-refractivity contribution in [1.29, 1.82) is 0 Å². The minimum absolute atomic E-state index is 0.115. The minimum Gasteiger partial charge on any atom is -0.469 e. The van der Waals surface area contributed by atoms with Gasteiger partial charge in [0.2, 0.25) is 0 Å². The average Bonchev–Trinajstić information content (AvgIpc) is 2.53. The molecule has 130 valence electrons. The molecule has 1 unspecified atom stereocenters. The molecule has 2 nitrogen and oxygen atoms in total. The molecule has 0 heterocycles.